The van der Waals surface area contributed by atoms with Gasteiger partial charge in [0.25, 0.3) is 5.91 Å². The lowest BCUT2D eigenvalue weighted by atomic mass is 10.2. The van der Waals surface area contributed by atoms with Gasteiger partial charge < -0.3 is 5.32 Å². The maximum Gasteiger partial charge on any atom is 0.255 e. The predicted molar refractivity (Wildman–Crippen MR) is 102 cm³/mol. The van der Waals surface area contributed by atoms with Crippen molar-refractivity contribution in [3.8, 4) is 0 Å². The molecule has 0 spiro atoms. The van der Waals surface area contributed by atoms with Gasteiger partial charge in [-0.05, 0) is 54.1 Å². The van der Waals surface area contributed by atoms with Gasteiger partial charge in [-0.3, -0.25) is 4.79 Å². The molecule has 4 heteroatoms. The van der Waals surface area contributed by atoms with Crippen LogP contribution in [0.5, 0.6) is 0 Å². The van der Waals surface area contributed by atoms with Crippen LogP contribution in [-0.4, -0.2) is 5.91 Å². The van der Waals surface area contributed by atoms with Gasteiger partial charge in [-0.15, -0.1) is 11.8 Å². The van der Waals surface area contributed by atoms with E-state index in [1.165, 1.54) is 10.5 Å². The van der Waals surface area contributed by atoms with Crippen molar-refractivity contribution in [3.05, 3.63) is 95.0 Å². The maximum atomic E-state index is 12.1. The van der Waals surface area contributed by atoms with Gasteiger partial charge in [-0.2, -0.15) is 0 Å². The molecule has 0 aliphatic carbocycles. The highest BCUT2D eigenvalue weighted by Gasteiger charge is 2.05. The molecular formula is C20H16ClNOS. The molecule has 1 N–H and O–H groups in total. The number of hydrogen-bond acceptors (Lipinski definition) is 2. The van der Waals surface area contributed by atoms with Gasteiger partial charge in [0.1, 0.15) is 0 Å². The fourth-order valence-corrected chi connectivity index (χ4v) is 3.15. The SMILES string of the molecule is O=C(Nc1ccc(CSc2ccc(Cl)cc2)cc1)c1ccccc1. The van der Waals surface area contributed by atoms with Crippen molar-refractivity contribution in [1.29, 1.82) is 0 Å². The Morgan fingerprint density at radius 2 is 1.54 bits per heavy atom. The first-order valence-corrected chi connectivity index (χ1v) is 8.91. The molecule has 2 nitrogen and oxygen atoms in total. The molecule has 0 saturated carbocycles. The van der Waals surface area contributed by atoms with Crippen LogP contribution in [0, 0.1) is 0 Å². The molecule has 0 aliphatic rings. The van der Waals surface area contributed by atoms with E-state index in [0.717, 1.165) is 16.5 Å². The molecule has 3 aromatic rings. The second kappa shape index (κ2) is 8.04. The first kappa shape index (κ1) is 16.6. The smallest absolute Gasteiger partial charge is 0.255 e. The Morgan fingerprint density at radius 3 is 2.21 bits per heavy atom. The Balaban J connectivity index is 1.57. The van der Waals surface area contributed by atoms with Gasteiger partial charge in [0.2, 0.25) is 0 Å². The fourth-order valence-electron chi connectivity index (χ4n) is 2.17. The minimum absolute atomic E-state index is 0.0983. The average Bonchev–Trinajstić information content (AvgIpc) is 2.63. The number of carbonyl (C=O) groups excluding carboxylic acids is 1. The molecule has 0 aromatic heterocycles. The first-order valence-electron chi connectivity index (χ1n) is 7.54. The van der Waals surface area contributed by atoms with Gasteiger partial charge >= 0.3 is 0 Å². The van der Waals surface area contributed by atoms with Gasteiger partial charge in [0.15, 0.2) is 0 Å². The summed E-state index contributed by atoms with van der Waals surface area (Å²) in [6.07, 6.45) is 0. The van der Waals surface area contributed by atoms with Crippen LogP contribution in [0.15, 0.2) is 83.8 Å². The van der Waals surface area contributed by atoms with Gasteiger partial charge in [-0.25, -0.2) is 0 Å². The first-order chi connectivity index (χ1) is 11.7. The zero-order valence-corrected chi connectivity index (χ0v) is 14.5. The number of thioether (sulfide) groups is 1. The lowest BCUT2D eigenvalue weighted by Gasteiger charge is -2.07. The molecule has 0 heterocycles. The minimum atomic E-state index is -0.0983. The molecule has 120 valence electrons. The Hall–Kier alpha value is -2.23. The second-order valence-electron chi connectivity index (χ2n) is 5.26. The molecule has 3 rings (SSSR count). The third kappa shape index (κ3) is 4.63. The third-order valence-electron chi connectivity index (χ3n) is 3.47. The van der Waals surface area contributed by atoms with E-state index in [-0.39, 0.29) is 5.91 Å². The number of carbonyl (C=O) groups is 1. The van der Waals surface area contributed by atoms with E-state index in [9.17, 15) is 4.79 Å². The summed E-state index contributed by atoms with van der Waals surface area (Å²) in [5.41, 5.74) is 2.65. The highest BCUT2D eigenvalue weighted by atomic mass is 35.5. The molecule has 0 radical (unpaired) electrons. The van der Waals surface area contributed by atoms with Gasteiger partial charge in [0.05, 0.1) is 0 Å². The van der Waals surface area contributed by atoms with E-state index < -0.39 is 0 Å². The van der Waals surface area contributed by atoms with Crippen LogP contribution < -0.4 is 5.32 Å². The fraction of sp³-hybridized carbons (Fsp3) is 0.0500. The number of anilines is 1. The molecule has 0 atom stereocenters. The Labute approximate surface area is 150 Å². The maximum absolute atomic E-state index is 12.1. The van der Waals surface area contributed by atoms with E-state index >= 15 is 0 Å². The van der Waals surface area contributed by atoms with Crippen LogP contribution in [0.4, 0.5) is 5.69 Å². The molecule has 0 unspecified atom stereocenters. The van der Waals surface area contributed by atoms with Crippen LogP contribution in [0.3, 0.4) is 0 Å². The van der Waals surface area contributed by atoms with Crippen LogP contribution in [0.25, 0.3) is 0 Å². The third-order valence-corrected chi connectivity index (χ3v) is 4.80. The molecule has 0 aliphatic heterocycles. The van der Waals surface area contributed by atoms with Crippen molar-refractivity contribution >= 4 is 35.0 Å². The highest BCUT2D eigenvalue weighted by molar-refractivity contribution is 7.98. The summed E-state index contributed by atoms with van der Waals surface area (Å²) in [6.45, 7) is 0. The monoisotopic (exact) mass is 353 g/mol. The molecule has 0 fully saturated rings. The van der Waals surface area contributed by atoms with Crippen molar-refractivity contribution in [2.75, 3.05) is 5.32 Å². The lowest BCUT2D eigenvalue weighted by Crippen LogP contribution is -2.11. The molecule has 0 saturated heterocycles. The summed E-state index contributed by atoms with van der Waals surface area (Å²) in [6, 6.07) is 24.9. The van der Waals surface area contributed by atoms with Crippen molar-refractivity contribution < 1.29 is 4.79 Å². The normalized spacial score (nSPS) is 10.4. The number of hydrogen-bond donors (Lipinski definition) is 1. The van der Waals surface area contributed by atoms with Gasteiger partial charge in [-0.1, -0.05) is 41.9 Å². The average molecular weight is 354 g/mol. The largest absolute Gasteiger partial charge is 0.322 e. The Kier molecular flexibility index (Phi) is 5.57. The molecular weight excluding hydrogens is 338 g/mol. The van der Waals surface area contributed by atoms with E-state index in [2.05, 4.69) is 5.32 Å². The molecule has 0 bridgehead atoms. The van der Waals surface area contributed by atoms with Crippen LogP contribution >= 0.6 is 23.4 Å². The predicted octanol–water partition coefficient (Wildman–Crippen LogP) is 5.88. The quantitative estimate of drug-likeness (QED) is 0.580. The zero-order chi connectivity index (χ0) is 16.8. The van der Waals surface area contributed by atoms with Crippen molar-refractivity contribution in [2.24, 2.45) is 0 Å². The molecule has 3 aromatic carbocycles. The van der Waals surface area contributed by atoms with Crippen LogP contribution in [0.1, 0.15) is 15.9 Å². The Morgan fingerprint density at radius 1 is 0.875 bits per heavy atom. The highest BCUT2D eigenvalue weighted by Crippen LogP contribution is 2.24. The summed E-state index contributed by atoms with van der Waals surface area (Å²) in [5, 5.41) is 3.65. The summed E-state index contributed by atoms with van der Waals surface area (Å²) in [5.74, 6) is 0.771. The second-order valence-corrected chi connectivity index (χ2v) is 6.74. The summed E-state index contributed by atoms with van der Waals surface area (Å²) >= 11 is 7.64. The van der Waals surface area contributed by atoms with Crippen LogP contribution in [0.2, 0.25) is 5.02 Å². The molecule has 1 amide bonds. The minimum Gasteiger partial charge on any atom is -0.322 e. The summed E-state index contributed by atoms with van der Waals surface area (Å²) in [7, 11) is 0. The lowest BCUT2D eigenvalue weighted by molar-refractivity contribution is 0.102. The van der Waals surface area contributed by atoms with Gasteiger partial charge in [0, 0.05) is 26.9 Å². The summed E-state index contributed by atoms with van der Waals surface area (Å²) < 4.78 is 0. The van der Waals surface area contributed by atoms with E-state index in [1.807, 2.05) is 66.7 Å². The standard InChI is InChI=1S/C20H16ClNOS/c21-17-8-12-19(13-9-17)24-14-15-6-10-18(11-7-15)22-20(23)16-4-2-1-3-5-16/h1-13H,14H2,(H,22,23). The van der Waals surface area contributed by atoms with Crippen LogP contribution in [-0.2, 0) is 5.75 Å². The number of halogens is 1. The number of benzene rings is 3. The molecule has 24 heavy (non-hydrogen) atoms. The topological polar surface area (TPSA) is 29.1 Å². The van der Waals surface area contributed by atoms with Crippen molar-refractivity contribution in [1.82, 2.24) is 0 Å². The summed E-state index contributed by atoms with van der Waals surface area (Å²) in [4.78, 5) is 13.3. The van der Waals surface area contributed by atoms with E-state index in [4.69, 9.17) is 11.6 Å². The zero-order valence-electron chi connectivity index (χ0n) is 12.9. The number of rotatable bonds is 5. The Bertz CT molecular complexity index is 801. The number of amides is 1. The van der Waals surface area contributed by atoms with Crippen molar-refractivity contribution in [2.45, 2.75) is 10.6 Å². The van der Waals surface area contributed by atoms with E-state index in [1.54, 1.807) is 23.9 Å². The number of nitrogens with one attached hydrogen (secondary N) is 1. The van der Waals surface area contributed by atoms with Crippen molar-refractivity contribution in [3.63, 3.8) is 0 Å². The van der Waals surface area contributed by atoms with E-state index in [0.29, 0.717) is 5.56 Å².